The summed E-state index contributed by atoms with van der Waals surface area (Å²) in [6, 6.07) is 6.48. The predicted molar refractivity (Wildman–Crippen MR) is 72.1 cm³/mol. The third kappa shape index (κ3) is 2.67. The molecule has 1 aliphatic carbocycles. The van der Waals surface area contributed by atoms with Crippen LogP contribution in [0.25, 0.3) is 0 Å². The molecule has 0 unspecified atom stereocenters. The number of benzene rings is 1. The third-order valence-corrected chi connectivity index (χ3v) is 6.20. The van der Waals surface area contributed by atoms with Gasteiger partial charge in [-0.2, -0.15) is 0 Å². The highest BCUT2D eigenvalue weighted by Crippen LogP contribution is 2.35. The van der Waals surface area contributed by atoms with Crippen LogP contribution in [0.1, 0.15) is 19.3 Å². The van der Waals surface area contributed by atoms with E-state index < -0.39 is 10.0 Å². The van der Waals surface area contributed by atoms with Gasteiger partial charge >= 0.3 is 0 Å². The highest BCUT2D eigenvalue weighted by molar-refractivity contribution is 9.09. The molecule has 17 heavy (non-hydrogen) atoms. The Bertz CT molecular complexity index is 508. The van der Waals surface area contributed by atoms with Crippen molar-refractivity contribution in [2.75, 3.05) is 5.33 Å². The van der Waals surface area contributed by atoms with Gasteiger partial charge in [0.2, 0.25) is 10.0 Å². The second-order valence-corrected chi connectivity index (χ2v) is 6.92. The summed E-state index contributed by atoms with van der Waals surface area (Å²) in [5.74, 6) is 0. The molecule has 0 aromatic heterocycles. The summed E-state index contributed by atoms with van der Waals surface area (Å²) in [5, 5.41) is 0.882. The van der Waals surface area contributed by atoms with Crippen LogP contribution in [0.5, 0.6) is 0 Å². The summed E-state index contributed by atoms with van der Waals surface area (Å²) >= 11 is 9.28. The molecule has 0 atom stereocenters. The Labute approximate surface area is 115 Å². The van der Waals surface area contributed by atoms with Gasteiger partial charge in [0.1, 0.15) is 4.90 Å². The lowest BCUT2D eigenvalue weighted by Gasteiger charge is -2.40. The summed E-state index contributed by atoms with van der Waals surface area (Å²) in [6.07, 6.45) is 2.78. The van der Waals surface area contributed by atoms with Crippen molar-refractivity contribution in [3.8, 4) is 0 Å². The van der Waals surface area contributed by atoms with Crippen molar-refractivity contribution < 1.29 is 8.42 Å². The Hall–Kier alpha value is -0.100. The van der Waals surface area contributed by atoms with E-state index in [1.807, 2.05) is 0 Å². The lowest BCUT2D eigenvalue weighted by atomic mass is 9.80. The van der Waals surface area contributed by atoms with E-state index in [9.17, 15) is 8.42 Å². The van der Waals surface area contributed by atoms with Crippen molar-refractivity contribution in [2.45, 2.75) is 29.7 Å². The fourth-order valence-corrected chi connectivity index (χ4v) is 4.73. The van der Waals surface area contributed by atoms with Crippen molar-refractivity contribution in [3.05, 3.63) is 29.3 Å². The zero-order valence-electron chi connectivity index (χ0n) is 9.12. The molecule has 1 N–H and O–H groups in total. The number of hydrogen-bond acceptors (Lipinski definition) is 2. The minimum absolute atomic E-state index is 0.147. The van der Waals surface area contributed by atoms with Crippen molar-refractivity contribution in [1.29, 1.82) is 0 Å². The lowest BCUT2D eigenvalue weighted by Crippen LogP contribution is -2.54. The van der Waals surface area contributed by atoms with E-state index in [0.717, 1.165) is 19.3 Å². The molecule has 0 heterocycles. The Balaban J connectivity index is 2.29. The predicted octanol–water partition coefficient (Wildman–Crippen LogP) is 2.94. The fraction of sp³-hybridized carbons (Fsp3) is 0.455. The van der Waals surface area contributed by atoms with Gasteiger partial charge in [-0.25, -0.2) is 13.1 Å². The van der Waals surface area contributed by atoms with Crippen LogP contribution in [0, 0.1) is 0 Å². The first-order valence-corrected chi connectivity index (χ1v) is 8.32. The van der Waals surface area contributed by atoms with Crippen LogP contribution in [-0.2, 0) is 10.0 Å². The molecular weight excluding hydrogens is 326 g/mol. The number of nitrogens with one attached hydrogen (secondary N) is 1. The maximum atomic E-state index is 12.2. The molecule has 2 rings (SSSR count). The van der Waals surface area contributed by atoms with Gasteiger partial charge in [0.15, 0.2) is 0 Å². The second-order valence-electron chi connectivity index (χ2n) is 4.30. The Kier molecular flexibility index (Phi) is 3.83. The molecule has 0 radical (unpaired) electrons. The summed E-state index contributed by atoms with van der Waals surface area (Å²) in [4.78, 5) is 0.147. The van der Waals surface area contributed by atoms with Crippen LogP contribution < -0.4 is 4.72 Å². The minimum Gasteiger partial charge on any atom is -0.207 e. The summed E-state index contributed by atoms with van der Waals surface area (Å²) in [7, 11) is -3.53. The molecule has 1 fully saturated rings. The van der Waals surface area contributed by atoms with Crippen LogP contribution >= 0.6 is 27.5 Å². The van der Waals surface area contributed by atoms with Crippen molar-refractivity contribution in [3.63, 3.8) is 0 Å². The van der Waals surface area contributed by atoms with Gasteiger partial charge in [-0.05, 0) is 31.4 Å². The van der Waals surface area contributed by atoms with Crippen LogP contribution in [-0.4, -0.2) is 19.3 Å². The fourth-order valence-electron chi connectivity index (χ4n) is 1.87. The quantitative estimate of drug-likeness (QED) is 0.858. The maximum absolute atomic E-state index is 12.2. The molecule has 1 aromatic carbocycles. The van der Waals surface area contributed by atoms with Crippen LogP contribution in [0.2, 0.25) is 5.02 Å². The topological polar surface area (TPSA) is 46.2 Å². The average Bonchev–Trinajstić information content (AvgIpc) is 2.24. The first-order chi connectivity index (χ1) is 7.99. The second kappa shape index (κ2) is 4.88. The zero-order chi connectivity index (χ0) is 12.5. The molecule has 1 aromatic rings. The Morgan fingerprint density at radius 1 is 1.35 bits per heavy atom. The average molecular weight is 339 g/mol. The summed E-state index contributed by atoms with van der Waals surface area (Å²) in [5.41, 5.74) is -0.335. The van der Waals surface area contributed by atoms with E-state index in [1.165, 1.54) is 6.07 Å². The number of hydrogen-bond donors (Lipinski definition) is 1. The van der Waals surface area contributed by atoms with E-state index in [0.29, 0.717) is 5.33 Å². The zero-order valence-corrected chi connectivity index (χ0v) is 12.3. The number of rotatable bonds is 4. The smallest absolute Gasteiger partial charge is 0.207 e. The van der Waals surface area contributed by atoms with Gasteiger partial charge in [-0.1, -0.05) is 39.7 Å². The van der Waals surface area contributed by atoms with Crippen LogP contribution in [0.4, 0.5) is 0 Å². The minimum atomic E-state index is -3.53. The molecule has 0 saturated heterocycles. The van der Waals surface area contributed by atoms with Crippen molar-refractivity contribution >= 4 is 37.6 Å². The first kappa shape index (κ1) is 13.3. The van der Waals surface area contributed by atoms with Gasteiger partial charge < -0.3 is 0 Å². The van der Waals surface area contributed by atoms with E-state index in [-0.39, 0.29) is 15.5 Å². The standard InChI is InChI=1S/C11H13BrClNO2S/c12-8-11(6-3-7-11)14-17(15,16)10-5-2-1-4-9(10)13/h1-2,4-5,14H,3,6-8H2. The number of halogens is 2. The number of alkyl halides is 1. The van der Waals surface area contributed by atoms with Gasteiger partial charge in [-0.15, -0.1) is 0 Å². The van der Waals surface area contributed by atoms with E-state index in [4.69, 9.17) is 11.6 Å². The summed E-state index contributed by atoms with van der Waals surface area (Å²) in [6.45, 7) is 0. The van der Waals surface area contributed by atoms with E-state index in [1.54, 1.807) is 18.2 Å². The Morgan fingerprint density at radius 3 is 2.47 bits per heavy atom. The van der Waals surface area contributed by atoms with Crippen LogP contribution in [0.15, 0.2) is 29.2 Å². The van der Waals surface area contributed by atoms with Crippen LogP contribution in [0.3, 0.4) is 0 Å². The monoisotopic (exact) mass is 337 g/mol. The molecule has 3 nitrogen and oxygen atoms in total. The lowest BCUT2D eigenvalue weighted by molar-refractivity contribution is 0.256. The highest BCUT2D eigenvalue weighted by Gasteiger charge is 2.40. The van der Waals surface area contributed by atoms with Gasteiger partial charge in [0.25, 0.3) is 0 Å². The number of sulfonamides is 1. The Morgan fingerprint density at radius 2 is 2.00 bits per heavy atom. The molecule has 0 amide bonds. The van der Waals surface area contributed by atoms with Gasteiger partial charge in [0, 0.05) is 10.9 Å². The molecule has 0 bridgehead atoms. The van der Waals surface area contributed by atoms with Crippen molar-refractivity contribution in [2.24, 2.45) is 0 Å². The molecular formula is C11H13BrClNO2S. The maximum Gasteiger partial charge on any atom is 0.242 e. The van der Waals surface area contributed by atoms with Gasteiger partial charge in [0.05, 0.1) is 5.02 Å². The van der Waals surface area contributed by atoms with E-state index >= 15 is 0 Å². The SMILES string of the molecule is O=S(=O)(NC1(CBr)CCC1)c1ccccc1Cl. The molecule has 1 aliphatic rings. The molecule has 1 saturated carbocycles. The summed E-state index contributed by atoms with van der Waals surface area (Å²) < 4.78 is 27.2. The molecule has 0 aliphatic heterocycles. The third-order valence-electron chi connectivity index (χ3n) is 3.04. The largest absolute Gasteiger partial charge is 0.242 e. The van der Waals surface area contributed by atoms with Gasteiger partial charge in [-0.3, -0.25) is 0 Å². The first-order valence-electron chi connectivity index (χ1n) is 5.34. The van der Waals surface area contributed by atoms with Crippen molar-refractivity contribution in [1.82, 2.24) is 4.72 Å². The molecule has 0 spiro atoms. The highest BCUT2D eigenvalue weighted by atomic mass is 79.9. The normalized spacial score (nSPS) is 18.7. The van der Waals surface area contributed by atoms with E-state index in [2.05, 4.69) is 20.7 Å². The molecule has 94 valence electrons. The molecule has 6 heteroatoms.